The smallest absolute Gasteiger partial charge is 0.261 e. The van der Waals surface area contributed by atoms with Gasteiger partial charge in [-0.2, -0.15) is 0 Å². The molecule has 0 amide bonds. The molecule has 0 spiro atoms. The van der Waals surface area contributed by atoms with E-state index in [9.17, 15) is 8.42 Å². The molecular formula is C8H12ClN3O2S. The van der Waals surface area contributed by atoms with E-state index < -0.39 is 10.0 Å². The van der Waals surface area contributed by atoms with Crippen molar-refractivity contribution in [1.82, 2.24) is 14.3 Å². The summed E-state index contributed by atoms with van der Waals surface area (Å²) >= 11 is 5.77. The van der Waals surface area contributed by atoms with Crippen LogP contribution in [0.5, 0.6) is 0 Å². The van der Waals surface area contributed by atoms with Gasteiger partial charge in [0.05, 0.1) is 6.33 Å². The average Bonchev–Trinajstić information content (AvgIpc) is 2.45. The molecule has 0 fully saturated rings. The Morgan fingerprint density at radius 2 is 2.33 bits per heavy atom. The highest BCUT2D eigenvalue weighted by molar-refractivity contribution is 7.89. The molecule has 0 saturated carbocycles. The van der Waals surface area contributed by atoms with Gasteiger partial charge in [0.2, 0.25) is 5.03 Å². The van der Waals surface area contributed by atoms with E-state index in [0.29, 0.717) is 5.57 Å². The van der Waals surface area contributed by atoms with E-state index in [1.54, 1.807) is 14.0 Å². The van der Waals surface area contributed by atoms with Crippen LogP contribution < -0.4 is 4.72 Å². The number of aryl methyl sites for hydroxylation is 1. The van der Waals surface area contributed by atoms with Crippen LogP contribution in [0.25, 0.3) is 0 Å². The summed E-state index contributed by atoms with van der Waals surface area (Å²) in [5, 5.41) is -0.0721. The lowest BCUT2D eigenvalue weighted by molar-refractivity contribution is 0.581. The first-order valence-electron chi connectivity index (χ1n) is 4.15. The van der Waals surface area contributed by atoms with Gasteiger partial charge in [0.15, 0.2) is 0 Å². The topological polar surface area (TPSA) is 64.0 Å². The molecule has 0 unspecified atom stereocenters. The normalized spacial score (nSPS) is 11.7. The third kappa shape index (κ3) is 2.80. The Morgan fingerprint density at radius 3 is 2.73 bits per heavy atom. The molecule has 0 aliphatic heterocycles. The summed E-state index contributed by atoms with van der Waals surface area (Å²) in [4.78, 5) is 3.72. The van der Waals surface area contributed by atoms with E-state index >= 15 is 0 Å². The van der Waals surface area contributed by atoms with Crippen LogP contribution in [-0.4, -0.2) is 24.5 Å². The van der Waals surface area contributed by atoms with Crippen molar-refractivity contribution in [3.63, 3.8) is 0 Å². The molecule has 7 heteroatoms. The molecule has 1 heterocycles. The van der Waals surface area contributed by atoms with Gasteiger partial charge >= 0.3 is 0 Å². The highest BCUT2D eigenvalue weighted by Crippen LogP contribution is 2.17. The minimum Gasteiger partial charge on any atom is -0.324 e. The number of hydrogen-bond donors (Lipinski definition) is 1. The molecule has 0 radical (unpaired) electrons. The minimum atomic E-state index is -3.64. The van der Waals surface area contributed by atoms with Crippen molar-refractivity contribution >= 4 is 21.6 Å². The molecule has 1 N–H and O–H groups in total. The van der Waals surface area contributed by atoms with Crippen LogP contribution in [0.3, 0.4) is 0 Å². The minimum absolute atomic E-state index is 0.0872. The third-order valence-electron chi connectivity index (χ3n) is 1.65. The first-order valence-corrected chi connectivity index (χ1v) is 6.01. The van der Waals surface area contributed by atoms with Crippen molar-refractivity contribution in [3.05, 3.63) is 23.6 Å². The summed E-state index contributed by atoms with van der Waals surface area (Å²) in [6.45, 7) is 5.49. The summed E-state index contributed by atoms with van der Waals surface area (Å²) in [6, 6.07) is 0. The van der Waals surface area contributed by atoms with Crippen LogP contribution in [0, 0.1) is 0 Å². The molecule has 1 aromatic rings. The van der Waals surface area contributed by atoms with E-state index in [-0.39, 0.29) is 16.7 Å². The highest BCUT2D eigenvalue weighted by Gasteiger charge is 2.21. The number of imidazole rings is 1. The number of halogens is 1. The van der Waals surface area contributed by atoms with Crippen molar-refractivity contribution < 1.29 is 8.42 Å². The second-order valence-electron chi connectivity index (χ2n) is 3.23. The molecule has 0 aromatic carbocycles. The van der Waals surface area contributed by atoms with Gasteiger partial charge in [-0.05, 0) is 6.92 Å². The van der Waals surface area contributed by atoms with E-state index in [0.717, 1.165) is 0 Å². The van der Waals surface area contributed by atoms with E-state index in [1.807, 2.05) is 0 Å². The van der Waals surface area contributed by atoms with Gasteiger partial charge in [-0.1, -0.05) is 23.8 Å². The second-order valence-corrected chi connectivity index (χ2v) is 5.27. The number of nitrogens with one attached hydrogen (secondary N) is 1. The molecule has 0 aliphatic carbocycles. The number of hydrogen-bond acceptors (Lipinski definition) is 3. The Kier molecular flexibility index (Phi) is 3.54. The number of nitrogens with zero attached hydrogens (tertiary/aromatic N) is 2. The summed E-state index contributed by atoms with van der Waals surface area (Å²) in [7, 11) is -2.02. The average molecular weight is 250 g/mol. The molecule has 1 aromatic heterocycles. The first kappa shape index (κ1) is 12.2. The van der Waals surface area contributed by atoms with Gasteiger partial charge in [0, 0.05) is 13.6 Å². The number of sulfonamides is 1. The second kappa shape index (κ2) is 4.34. The van der Waals surface area contributed by atoms with E-state index in [1.165, 1.54) is 10.9 Å². The Balaban J connectivity index is 2.97. The van der Waals surface area contributed by atoms with Crippen LogP contribution in [0.1, 0.15) is 6.92 Å². The Hall–Kier alpha value is -0.850. The Morgan fingerprint density at radius 1 is 1.73 bits per heavy atom. The fourth-order valence-corrected chi connectivity index (χ4v) is 2.38. The van der Waals surface area contributed by atoms with Crippen LogP contribution in [0.2, 0.25) is 5.15 Å². The zero-order valence-electron chi connectivity index (χ0n) is 8.49. The molecule has 84 valence electrons. The standard InChI is InChI=1S/C8H12ClN3O2S/c1-6(2)4-11-15(13,14)8-7(9)12(3)5-10-8/h5,11H,1,4H2,2-3H3. The zero-order chi connectivity index (χ0) is 11.6. The lowest BCUT2D eigenvalue weighted by atomic mass is 10.4. The van der Waals surface area contributed by atoms with Crippen LogP contribution in [0.15, 0.2) is 23.5 Å². The van der Waals surface area contributed by atoms with Crippen LogP contribution >= 0.6 is 11.6 Å². The van der Waals surface area contributed by atoms with Gasteiger partial charge in [-0.25, -0.2) is 18.1 Å². The van der Waals surface area contributed by atoms with Gasteiger partial charge in [0.1, 0.15) is 5.15 Å². The van der Waals surface area contributed by atoms with E-state index in [2.05, 4.69) is 16.3 Å². The summed E-state index contributed by atoms with van der Waals surface area (Å²) in [5.74, 6) is 0. The molecule has 0 aliphatic rings. The maximum atomic E-state index is 11.7. The summed E-state index contributed by atoms with van der Waals surface area (Å²) in [5.41, 5.74) is 0.714. The lowest BCUT2D eigenvalue weighted by Crippen LogP contribution is -2.25. The summed E-state index contributed by atoms with van der Waals surface area (Å²) < 4.78 is 27.1. The molecule has 0 bridgehead atoms. The maximum Gasteiger partial charge on any atom is 0.261 e. The first-order chi connectivity index (χ1) is 6.84. The van der Waals surface area contributed by atoms with Crippen molar-refractivity contribution in [3.8, 4) is 0 Å². The van der Waals surface area contributed by atoms with E-state index in [4.69, 9.17) is 11.6 Å². The van der Waals surface area contributed by atoms with Crippen LogP contribution in [-0.2, 0) is 17.1 Å². The van der Waals surface area contributed by atoms with Gasteiger partial charge in [-0.15, -0.1) is 0 Å². The predicted molar refractivity (Wildman–Crippen MR) is 58.2 cm³/mol. The van der Waals surface area contributed by atoms with Gasteiger partial charge < -0.3 is 4.57 Å². The third-order valence-corrected chi connectivity index (χ3v) is 3.54. The molecule has 0 atom stereocenters. The maximum absolute atomic E-state index is 11.7. The van der Waals surface area contributed by atoms with Gasteiger partial charge in [-0.3, -0.25) is 0 Å². The molecule has 1 rings (SSSR count). The Labute approximate surface area is 93.8 Å². The molecule has 0 saturated heterocycles. The van der Waals surface area contributed by atoms with Crippen molar-refractivity contribution in [1.29, 1.82) is 0 Å². The molecule has 5 nitrogen and oxygen atoms in total. The van der Waals surface area contributed by atoms with Crippen molar-refractivity contribution in [2.75, 3.05) is 6.54 Å². The fourth-order valence-electron chi connectivity index (χ4n) is 0.861. The molecule has 15 heavy (non-hydrogen) atoms. The molecular weight excluding hydrogens is 238 g/mol. The SMILES string of the molecule is C=C(C)CNS(=O)(=O)c1ncn(C)c1Cl. The zero-order valence-corrected chi connectivity index (χ0v) is 10.1. The fraction of sp³-hybridized carbons (Fsp3) is 0.375. The number of rotatable bonds is 4. The lowest BCUT2D eigenvalue weighted by Gasteiger charge is -2.04. The largest absolute Gasteiger partial charge is 0.324 e. The predicted octanol–water partition coefficient (Wildman–Crippen LogP) is 0.928. The Bertz CT molecular complexity index is 478. The quantitative estimate of drug-likeness (QED) is 0.808. The van der Waals surface area contributed by atoms with Crippen molar-refractivity contribution in [2.45, 2.75) is 11.9 Å². The highest BCUT2D eigenvalue weighted by atomic mass is 35.5. The van der Waals surface area contributed by atoms with Crippen LogP contribution in [0.4, 0.5) is 0 Å². The number of aromatic nitrogens is 2. The van der Waals surface area contributed by atoms with Gasteiger partial charge in [0.25, 0.3) is 10.0 Å². The summed E-state index contributed by atoms with van der Waals surface area (Å²) in [6.07, 6.45) is 1.34. The van der Waals surface area contributed by atoms with Crippen molar-refractivity contribution in [2.24, 2.45) is 7.05 Å². The monoisotopic (exact) mass is 249 g/mol.